The summed E-state index contributed by atoms with van der Waals surface area (Å²) in [6, 6.07) is 3.18. The second-order valence-electron chi connectivity index (χ2n) is 2.84. The zero-order valence-corrected chi connectivity index (χ0v) is 6.82. The van der Waals surface area contributed by atoms with E-state index in [1.807, 2.05) is 0 Å². The molecule has 0 aliphatic heterocycles. The molecule has 0 N–H and O–H groups in total. The highest BCUT2D eigenvalue weighted by Gasteiger charge is 2.12. The Balaban J connectivity index is 2.94. The maximum absolute atomic E-state index is 13.0. The minimum atomic E-state index is -1.28. The molecule has 2 rings (SSSR count). The smallest absolute Gasteiger partial charge is 0.166 e. The first-order valence-corrected chi connectivity index (χ1v) is 3.82. The van der Waals surface area contributed by atoms with Gasteiger partial charge in [0.05, 0.1) is 0 Å². The number of halogens is 4. The molecule has 0 fully saturated rings. The third kappa shape index (κ3) is 1.23. The topological polar surface area (TPSA) is 0 Å². The zero-order chi connectivity index (χ0) is 10.3. The fourth-order valence-electron chi connectivity index (χ4n) is 1.29. The molecule has 0 saturated carbocycles. The highest BCUT2D eigenvalue weighted by atomic mass is 19.2. The highest BCUT2D eigenvalue weighted by Crippen LogP contribution is 2.24. The Kier molecular flexibility index (Phi) is 1.91. The van der Waals surface area contributed by atoms with Crippen LogP contribution in [0.2, 0.25) is 0 Å². The van der Waals surface area contributed by atoms with Crippen LogP contribution in [0.3, 0.4) is 0 Å². The lowest BCUT2D eigenvalue weighted by molar-refractivity contribution is 0.505. The predicted molar refractivity (Wildman–Crippen MR) is 43.8 cm³/mol. The van der Waals surface area contributed by atoms with Gasteiger partial charge >= 0.3 is 0 Å². The van der Waals surface area contributed by atoms with Crippen LogP contribution in [-0.4, -0.2) is 0 Å². The quantitative estimate of drug-likeness (QED) is 0.451. The van der Waals surface area contributed by atoms with Gasteiger partial charge in [-0.15, -0.1) is 0 Å². The molecule has 0 bridgehead atoms. The van der Waals surface area contributed by atoms with Crippen LogP contribution in [0, 0.1) is 23.3 Å². The van der Waals surface area contributed by atoms with E-state index < -0.39 is 23.3 Å². The summed E-state index contributed by atoms with van der Waals surface area (Å²) in [6.45, 7) is 0. The normalized spacial score (nSPS) is 10.9. The monoisotopic (exact) mass is 200 g/mol. The van der Waals surface area contributed by atoms with Crippen LogP contribution in [0.5, 0.6) is 0 Å². The predicted octanol–water partition coefficient (Wildman–Crippen LogP) is 3.40. The van der Waals surface area contributed by atoms with Crippen molar-refractivity contribution in [1.29, 1.82) is 0 Å². The number of fused-ring (bicyclic) bond motifs is 1. The lowest BCUT2D eigenvalue weighted by Crippen LogP contribution is -1.91. The van der Waals surface area contributed by atoms with Gasteiger partial charge in [-0.2, -0.15) is 0 Å². The van der Waals surface area contributed by atoms with Crippen LogP contribution in [0.4, 0.5) is 17.6 Å². The molecule has 14 heavy (non-hydrogen) atoms. The third-order valence-electron chi connectivity index (χ3n) is 1.94. The van der Waals surface area contributed by atoms with Gasteiger partial charge in [-0.05, 0) is 18.2 Å². The summed E-state index contributed by atoms with van der Waals surface area (Å²) < 4.78 is 51.4. The van der Waals surface area contributed by atoms with E-state index in [-0.39, 0.29) is 10.8 Å². The van der Waals surface area contributed by atoms with Crippen molar-refractivity contribution in [2.24, 2.45) is 0 Å². The van der Waals surface area contributed by atoms with Crippen molar-refractivity contribution in [3.63, 3.8) is 0 Å². The van der Waals surface area contributed by atoms with Gasteiger partial charge in [-0.25, -0.2) is 17.6 Å². The van der Waals surface area contributed by atoms with Gasteiger partial charge in [0.2, 0.25) is 0 Å². The second-order valence-corrected chi connectivity index (χ2v) is 2.84. The molecule has 72 valence electrons. The van der Waals surface area contributed by atoms with Crippen LogP contribution < -0.4 is 0 Å². The highest BCUT2D eigenvalue weighted by molar-refractivity contribution is 5.83. The van der Waals surface area contributed by atoms with Crippen molar-refractivity contribution in [3.05, 3.63) is 47.5 Å². The van der Waals surface area contributed by atoms with E-state index in [1.54, 1.807) is 0 Å². The SMILES string of the molecule is Fc1ccc2c(F)c(F)cc(F)c2c1. The van der Waals surface area contributed by atoms with E-state index in [0.29, 0.717) is 6.07 Å². The van der Waals surface area contributed by atoms with Crippen LogP contribution in [0.25, 0.3) is 10.8 Å². The van der Waals surface area contributed by atoms with Gasteiger partial charge in [-0.3, -0.25) is 0 Å². The molecule has 0 spiro atoms. The van der Waals surface area contributed by atoms with E-state index >= 15 is 0 Å². The fourth-order valence-corrected chi connectivity index (χ4v) is 1.29. The average molecular weight is 200 g/mol. The summed E-state index contributed by atoms with van der Waals surface area (Å²) in [7, 11) is 0. The largest absolute Gasteiger partial charge is 0.207 e. The van der Waals surface area contributed by atoms with E-state index in [4.69, 9.17) is 0 Å². The van der Waals surface area contributed by atoms with Gasteiger partial charge < -0.3 is 0 Å². The molecule has 0 nitrogen and oxygen atoms in total. The van der Waals surface area contributed by atoms with Gasteiger partial charge in [0.1, 0.15) is 11.6 Å². The van der Waals surface area contributed by atoms with E-state index in [9.17, 15) is 17.6 Å². The summed E-state index contributed by atoms with van der Waals surface area (Å²) in [5, 5.41) is -0.521. The molecular formula is C10H4F4. The van der Waals surface area contributed by atoms with Crippen molar-refractivity contribution < 1.29 is 17.6 Å². The molecule has 0 atom stereocenters. The first-order chi connectivity index (χ1) is 6.59. The van der Waals surface area contributed by atoms with Crippen molar-refractivity contribution in [2.75, 3.05) is 0 Å². The standard InChI is InChI=1S/C10H4F4/c11-5-1-2-6-7(3-5)8(12)4-9(13)10(6)14/h1-4H. The van der Waals surface area contributed by atoms with E-state index in [2.05, 4.69) is 0 Å². The molecule has 2 aromatic carbocycles. The molecule has 0 heterocycles. The Morgan fingerprint density at radius 1 is 0.714 bits per heavy atom. The number of hydrogen-bond donors (Lipinski definition) is 0. The number of hydrogen-bond acceptors (Lipinski definition) is 0. The molecule has 0 aliphatic rings. The maximum atomic E-state index is 13.0. The summed E-state index contributed by atoms with van der Waals surface area (Å²) >= 11 is 0. The van der Waals surface area contributed by atoms with Crippen molar-refractivity contribution in [2.45, 2.75) is 0 Å². The Bertz CT molecular complexity index is 505. The van der Waals surface area contributed by atoms with Crippen LogP contribution >= 0.6 is 0 Å². The molecular weight excluding hydrogens is 196 g/mol. The average Bonchev–Trinajstić information content (AvgIpc) is 2.14. The van der Waals surface area contributed by atoms with E-state index in [1.165, 1.54) is 0 Å². The van der Waals surface area contributed by atoms with Crippen molar-refractivity contribution >= 4 is 10.8 Å². The van der Waals surface area contributed by atoms with Crippen molar-refractivity contribution in [3.8, 4) is 0 Å². The molecule has 0 amide bonds. The van der Waals surface area contributed by atoms with Crippen molar-refractivity contribution in [1.82, 2.24) is 0 Å². The summed E-state index contributed by atoms with van der Waals surface area (Å²) in [4.78, 5) is 0. The Morgan fingerprint density at radius 3 is 2.14 bits per heavy atom. The molecule has 4 heteroatoms. The minimum Gasteiger partial charge on any atom is -0.207 e. The Labute approximate surface area is 76.8 Å². The third-order valence-corrected chi connectivity index (χ3v) is 1.94. The maximum Gasteiger partial charge on any atom is 0.166 e. The van der Waals surface area contributed by atoms with Gasteiger partial charge in [-0.1, -0.05) is 0 Å². The summed E-state index contributed by atoms with van der Waals surface area (Å²) in [5.41, 5.74) is 0. The molecule has 0 saturated heterocycles. The number of rotatable bonds is 0. The summed E-state index contributed by atoms with van der Waals surface area (Å²) in [5.74, 6) is -4.11. The number of benzene rings is 2. The molecule has 0 unspecified atom stereocenters. The molecule has 0 aromatic heterocycles. The van der Waals surface area contributed by atoms with Gasteiger partial charge in [0.15, 0.2) is 11.6 Å². The summed E-state index contributed by atoms with van der Waals surface area (Å²) in [6.07, 6.45) is 0. The zero-order valence-electron chi connectivity index (χ0n) is 6.82. The second kappa shape index (κ2) is 2.97. The minimum absolute atomic E-state index is 0.260. The van der Waals surface area contributed by atoms with Crippen LogP contribution in [0.15, 0.2) is 24.3 Å². The van der Waals surface area contributed by atoms with Crippen LogP contribution in [0.1, 0.15) is 0 Å². The van der Waals surface area contributed by atoms with E-state index in [0.717, 1.165) is 18.2 Å². The van der Waals surface area contributed by atoms with Gasteiger partial charge in [0.25, 0.3) is 0 Å². The molecule has 0 radical (unpaired) electrons. The Hall–Kier alpha value is -1.58. The Morgan fingerprint density at radius 2 is 1.43 bits per heavy atom. The fraction of sp³-hybridized carbons (Fsp3) is 0. The molecule has 0 aliphatic carbocycles. The molecule has 2 aromatic rings. The first kappa shape index (κ1) is 8.99. The first-order valence-electron chi connectivity index (χ1n) is 3.82. The lowest BCUT2D eigenvalue weighted by atomic mass is 10.1. The van der Waals surface area contributed by atoms with Gasteiger partial charge in [0, 0.05) is 16.8 Å². The lowest BCUT2D eigenvalue weighted by Gasteiger charge is -2.02. The van der Waals surface area contributed by atoms with Crippen LogP contribution in [-0.2, 0) is 0 Å².